The maximum absolute atomic E-state index is 12.9. The van der Waals surface area contributed by atoms with Crippen LogP contribution in [-0.4, -0.2) is 79.3 Å². The Morgan fingerprint density at radius 3 is 2.37 bits per heavy atom. The highest BCUT2D eigenvalue weighted by Crippen LogP contribution is 2.50. The standard InChI is InChI=1S/C24H24O11/c1-9-15-10(7-13(31-2)16(9)22(28)34-5)6-11-17(18(15)26)23(29)35-20(11)24(30)19(27)14(32-3)8-12(25)21(24)33-4/h6-8,19-21,26-27,30H,1-5H3/t19-,20-,21-,24+/m1/s1. The quantitative estimate of drug-likeness (QED) is 0.517. The molecule has 0 spiro atoms. The number of hydrogen-bond donors (Lipinski definition) is 3. The van der Waals surface area contributed by atoms with E-state index in [0.29, 0.717) is 5.39 Å². The molecule has 0 fully saturated rings. The van der Waals surface area contributed by atoms with Gasteiger partial charge in [0.05, 0.1) is 21.3 Å². The topological polar surface area (TPSA) is 158 Å². The van der Waals surface area contributed by atoms with Crippen molar-refractivity contribution in [3.05, 3.63) is 46.2 Å². The Labute approximate surface area is 199 Å². The van der Waals surface area contributed by atoms with Crippen molar-refractivity contribution in [1.29, 1.82) is 0 Å². The van der Waals surface area contributed by atoms with Gasteiger partial charge in [0.25, 0.3) is 0 Å². The number of phenolic OH excluding ortho intramolecular Hbond substituents is 1. The van der Waals surface area contributed by atoms with Crippen LogP contribution in [0.4, 0.5) is 0 Å². The zero-order chi connectivity index (χ0) is 25.8. The molecular weight excluding hydrogens is 464 g/mol. The van der Waals surface area contributed by atoms with Crippen LogP contribution < -0.4 is 4.74 Å². The Hall–Kier alpha value is -3.67. The molecule has 1 aliphatic carbocycles. The number of fused-ring (bicyclic) bond motifs is 2. The first-order valence-corrected chi connectivity index (χ1v) is 10.5. The first-order chi connectivity index (χ1) is 16.6. The Balaban J connectivity index is 2.01. The molecule has 11 nitrogen and oxygen atoms in total. The van der Waals surface area contributed by atoms with Crippen LogP contribution in [0.25, 0.3) is 10.8 Å². The molecule has 1 aliphatic heterocycles. The molecule has 4 rings (SSSR count). The highest BCUT2D eigenvalue weighted by molar-refractivity contribution is 6.09. The average molecular weight is 488 g/mol. The fraction of sp³-hybridized carbons (Fsp3) is 0.375. The molecule has 0 saturated heterocycles. The van der Waals surface area contributed by atoms with Crippen molar-refractivity contribution in [3.8, 4) is 11.5 Å². The highest BCUT2D eigenvalue weighted by atomic mass is 16.6. The Kier molecular flexibility index (Phi) is 5.95. The van der Waals surface area contributed by atoms with Gasteiger partial charge in [-0.2, -0.15) is 0 Å². The largest absolute Gasteiger partial charge is 0.506 e. The van der Waals surface area contributed by atoms with E-state index in [0.717, 1.165) is 13.2 Å². The summed E-state index contributed by atoms with van der Waals surface area (Å²) in [5.74, 6) is -3.04. The summed E-state index contributed by atoms with van der Waals surface area (Å²) >= 11 is 0. The number of ether oxygens (including phenoxy) is 5. The average Bonchev–Trinajstić information content (AvgIpc) is 3.17. The Morgan fingerprint density at radius 2 is 1.80 bits per heavy atom. The first-order valence-electron chi connectivity index (χ1n) is 10.5. The third kappa shape index (κ3) is 3.27. The second-order valence-electron chi connectivity index (χ2n) is 8.20. The molecule has 0 amide bonds. The number of aromatic hydroxyl groups is 1. The van der Waals surface area contributed by atoms with Gasteiger partial charge in [-0.1, -0.05) is 0 Å². The van der Waals surface area contributed by atoms with E-state index in [-0.39, 0.29) is 39.1 Å². The number of carbonyl (C=O) groups is 3. The summed E-state index contributed by atoms with van der Waals surface area (Å²) in [7, 11) is 4.91. The van der Waals surface area contributed by atoms with Crippen molar-refractivity contribution in [1.82, 2.24) is 0 Å². The van der Waals surface area contributed by atoms with E-state index in [1.165, 1.54) is 33.5 Å². The number of ketones is 1. The third-order valence-electron chi connectivity index (χ3n) is 6.53. The van der Waals surface area contributed by atoms with Gasteiger partial charge in [-0.05, 0) is 30.0 Å². The predicted molar refractivity (Wildman–Crippen MR) is 118 cm³/mol. The molecule has 1 heterocycles. The van der Waals surface area contributed by atoms with Gasteiger partial charge in [-0.15, -0.1) is 0 Å². The van der Waals surface area contributed by atoms with E-state index in [1.54, 1.807) is 6.92 Å². The van der Waals surface area contributed by atoms with Gasteiger partial charge in [0, 0.05) is 24.1 Å². The minimum atomic E-state index is -2.49. The maximum Gasteiger partial charge on any atom is 0.343 e. The zero-order valence-electron chi connectivity index (χ0n) is 19.6. The van der Waals surface area contributed by atoms with Crippen LogP contribution in [0.2, 0.25) is 0 Å². The van der Waals surface area contributed by atoms with Crippen molar-refractivity contribution < 1.29 is 53.4 Å². The van der Waals surface area contributed by atoms with Gasteiger partial charge >= 0.3 is 11.9 Å². The van der Waals surface area contributed by atoms with Crippen LogP contribution in [0.1, 0.15) is 37.9 Å². The molecule has 3 N–H and O–H groups in total. The first kappa shape index (κ1) is 24.5. The number of aliphatic hydroxyl groups is 2. The van der Waals surface area contributed by atoms with Gasteiger partial charge in [0.15, 0.2) is 23.6 Å². The summed E-state index contributed by atoms with van der Waals surface area (Å²) in [6.07, 6.45) is -4.05. The molecule has 2 aliphatic rings. The minimum absolute atomic E-state index is 0.000948. The second-order valence-corrected chi connectivity index (χ2v) is 8.20. The lowest BCUT2D eigenvalue weighted by atomic mass is 9.75. The van der Waals surface area contributed by atoms with Gasteiger partial charge in [-0.25, -0.2) is 9.59 Å². The van der Waals surface area contributed by atoms with Crippen molar-refractivity contribution in [3.63, 3.8) is 0 Å². The number of methoxy groups -OCH3 is 4. The van der Waals surface area contributed by atoms with Crippen LogP contribution in [0.5, 0.6) is 11.5 Å². The lowest BCUT2D eigenvalue weighted by molar-refractivity contribution is -0.208. The lowest BCUT2D eigenvalue weighted by Gasteiger charge is -2.43. The van der Waals surface area contributed by atoms with Gasteiger partial charge in [0.1, 0.15) is 34.5 Å². The lowest BCUT2D eigenvalue weighted by Crippen LogP contribution is -2.62. The molecular formula is C24H24O11. The number of esters is 2. The molecule has 35 heavy (non-hydrogen) atoms. The van der Waals surface area contributed by atoms with Crippen molar-refractivity contribution in [2.45, 2.75) is 30.8 Å². The van der Waals surface area contributed by atoms with Crippen LogP contribution in [0, 0.1) is 6.92 Å². The molecule has 0 aromatic heterocycles. The number of benzene rings is 2. The van der Waals surface area contributed by atoms with E-state index in [1.807, 2.05) is 0 Å². The predicted octanol–water partition coefficient (Wildman–Crippen LogP) is 1.08. The van der Waals surface area contributed by atoms with Crippen LogP contribution in [0.15, 0.2) is 24.0 Å². The molecule has 0 radical (unpaired) electrons. The summed E-state index contributed by atoms with van der Waals surface area (Å²) in [6, 6.07) is 2.90. The summed E-state index contributed by atoms with van der Waals surface area (Å²) in [6.45, 7) is 1.55. The minimum Gasteiger partial charge on any atom is -0.506 e. The summed E-state index contributed by atoms with van der Waals surface area (Å²) in [5.41, 5.74) is -2.43. The molecule has 0 bridgehead atoms. The summed E-state index contributed by atoms with van der Waals surface area (Å²) in [4.78, 5) is 37.9. The van der Waals surface area contributed by atoms with Crippen LogP contribution in [-0.2, 0) is 23.7 Å². The van der Waals surface area contributed by atoms with E-state index >= 15 is 0 Å². The van der Waals surface area contributed by atoms with Crippen LogP contribution >= 0.6 is 0 Å². The number of aliphatic hydroxyl groups excluding tert-OH is 1. The highest BCUT2D eigenvalue weighted by Gasteiger charge is 2.61. The van der Waals surface area contributed by atoms with Gasteiger partial charge in [-0.3, -0.25) is 4.79 Å². The fourth-order valence-corrected chi connectivity index (χ4v) is 4.90. The molecule has 0 unspecified atom stereocenters. The van der Waals surface area contributed by atoms with E-state index in [2.05, 4.69) is 0 Å². The number of rotatable bonds is 5. The fourth-order valence-electron chi connectivity index (χ4n) is 4.90. The molecule has 186 valence electrons. The van der Waals surface area contributed by atoms with E-state index in [9.17, 15) is 29.7 Å². The van der Waals surface area contributed by atoms with Gasteiger partial charge < -0.3 is 39.0 Å². The normalized spacial score (nSPS) is 25.7. The molecule has 2 aromatic carbocycles. The molecule has 4 atom stereocenters. The summed E-state index contributed by atoms with van der Waals surface area (Å²) < 4.78 is 25.8. The smallest absolute Gasteiger partial charge is 0.343 e. The SMILES string of the molecule is COC(=O)c1c(OC)cc2cc3c(c(O)c2c1C)C(=O)O[C@H]3[C@@]1(O)[C@H](O)C(OC)=CC(=O)[C@H]1OC. The summed E-state index contributed by atoms with van der Waals surface area (Å²) in [5, 5.41) is 34.2. The van der Waals surface area contributed by atoms with Crippen molar-refractivity contribution >= 4 is 28.5 Å². The van der Waals surface area contributed by atoms with Crippen molar-refractivity contribution in [2.24, 2.45) is 0 Å². The van der Waals surface area contributed by atoms with E-state index in [4.69, 9.17) is 23.7 Å². The monoisotopic (exact) mass is 488 g/mol. The van der Waals surface area contributed by atoms with Gasteiger partial charge in [0.2, 0.25) is 0 Å². The van der Waals surface area contributed by atoms with Crippen LogP contribution in [0.3, 0.4) is 0 Å². The Morgan fingerprint density at radius 1 is 1.11 bits per heavy atom. The zero-order valence-corrected chi connectivity index (χ0v) is 19.6. The van der Waals surface area contributed by atoms with E-state index < -0.39 is 47.4 Å². The number of aryl methyl sites for hydroxylation is 1. The maximum atomic E-state index is 12.9. The Bertz CT molecular complexity index is 1290. The molecule has 0 saturated carbocycles. The molecule has 11 heteroatoms. The number of hydrogen-bond acceptors (Lipinski definition) is 11. The van der Waals surface area contributed by atoms with Crippen molar-refractivity contribution in [2.75, 3.05) is 28.4 Å². The number of carbonyl (C=O) groups excluding carboxylic acids is 3. The third-order valence-corrected chi connectivity index (χ3v) is 6.53. The second kappa shape index (κ2) is 8.52. The number of phenols is 1. The number of cyclic esters (lactones) is 1. The molecule has 2 aromatic rings.